The standard InChI is InChI=1S/C19H26N2/c1-19(2,3)16-10-6-14(7-11-16)18(20)15-8-12-17(13-9-15)21(4)5/h6-13,18H,20H2,1-5H3. The molecule has 0 aliphatic rings. The van der Waals surface area contributed by atoms with E-state index < -0.39 is 0 Å². The Morgan fingerprint density at radius 3 is 1.62 bits per heavy atom. The topological polar surface area (TPSA) is 29.3 Å². The minimum atomic E-state index is -0.0739. The molecule has 2 rings (SSSR count). The third kappa shape index (κ3) is 3.64. The van der Waals surface area contributed by atoms with Crippen LogP contribution in [-0.4, -0.2) is 14.1 Å². The lowest BCUT2D eigenvalue weighted by atomic mass is 9.86. The summed E-state index contributed by atoms with van der Waals surface area (Å²) in [5, 5.41) is 0. The van der Waals surface area contributed by atoms with Gasteiger partial charge < -0.3 is 10.6 Å². The van der Waals surface area contributed by atoms with Gasteiger partial charge in [0.2, 0.25) is 0 Å². The highest BCUT2D eigenvalue weighted by Crippen LogP contribution is 2.26. The molecule has 1 atom stereocenters. The molecule has 0 amide bonds. The summed E-state index contributed by atoms with van der Waals surface area (Å²) in [5.74, 6) is 0. The van der Waals surface area contributed by atoms with Crippen LogP contribution in [0.1, 0.15) is 43.5 Å². The highest BCUT2D eigenvalue weighted by Gasteiger charge is 2.15. The van der Waals surface area contributed by atoms with Gasteiger partial charge in [0.05, 0.1) is 6.04 Å². The second kappa shape index (κ2) is 5.90. The molecule has 2 nitrogen and oxygen atoms in total. The molecule has 0 bridgehead atoms. The highest BCUT2D eigenvalue weighted by atomic mass is 15.1. The molecule has 0 heterocycles. The average Bonchev–Trinajstić information content (AvgIpc) is 2.46. The Hall–Kier alpha value is -1.80. The largest absolute Gasteiger partial charge is 0.378 e. The van der Waals surface area contributed by atoms with Gasteiger partial charge in [-0.25, -0.2) is 0 Å². The van der Waals surface area contributed by atoms with Crippen LogP contribution in [0.4, 0.5) is 5.69 Å². The molecule has 2 heteroatoms. The molecule has 2 aromatic rings. The molecule has 2 aromatic carbocycles. The zero-order valence-corrected chi connectivity index (χ0v) is 13.7. The minimum Gasteiger partial charge on any atom is -0.378 e. The molecule has 21 heavy (non-hydrogen) atoms. The SMILES string of the molecule is CN(C)c1ccc(C(N)c2ccc(C(C)(C)C)cc2)cc1. The van der Waals surface area contributed by atoms with Gasteiger partial charge in [0.25, 0.3) is 0 Å². The van der Waals surface area contributed by atoms with Crippen molar-refractivity contribution in [1.82, 2.24) is 0 Å². The van der Waals surface area contributed by atoms with Gasteiger partial charge in [-0.05, 0) is 34.2 Å². The zero-order chi connectivity index (χ0) is 15.6. The third-order valence-electron chi connectivity index (χ3n) is 3.90. The summed E-state index contributed by atoms with van der Waals surface area (Å²) in [7, 11) is 4.08. The van der Waals surface area contributed by atoms with E-state index in [1.54, 1.807) is 0 Å². The molecule has 0 fully saturated rings. The van der Waals surface area contributed by atoms with Gasteiger partial charge in [0, 0.05) is 19.8 Å². The van der Waals surface area contributed by atoms with E-state index in [9.17, 15) is 0 Å². The van der Waals surface area contributed by atoms with E-state index in [2.05, 4.69) is 74.2 Å². The van der Waals surface area contributed by atoms with Crippen molar-refractivity contribution in [1.29, 1.82) is 0 Å². The second-order valence-corrected chi connectivity index (χ2v) is 6.84. The Kier molecular flexibility index (Phi) is 4.38. The average molecular weight is 282 g/mol. The van der Waals surface area contributed by atoms with Crippen molar-refractivity contribution in [2.75, 3.05) is 19.0 Å². The number of hydrogen-bond donors (Lipinski definition) is 1. The number of anilines is 1. The van der Waals surface area contributed by atoms with Crippen molar-refractivity contribution < 1.29 is 0 Å². The lowest BCUT2D eigenvalue weighted by Crippen LogP contribution is -2.14. The lowest BCUT2D eigenvalue weighted by Gasteiger charge is -2.21. The maximum absolute atomic E-state index is 6.39. The van der Waals surface area contributed by atoms with Gasteiger partial charge in [0.1, 0.15) is 0 Å². The first-order valence-electron chi connectivity index (χ1n) is 7.42. The Balaban J connectivity index is 2.21. The van der Waals surface area contributed by atoms with Crippen molar-refractivity contribution in [2.24, 2.45) is 5.73 Å². The van der Waals surface area contributed by atoms with E-state index >= 15 is 0 Å². The molecular weight excluding hydrogens is 256 g/mol. The normalized spacial score (nSPS) is 13.0. The quantitative estimate of drug-likeness (QED) is 0.918. The maximum atomic E-state index is 6.39. The van der Waals surface area contributed by atoms with Crippen LogP contribution in [0.5, 0.6) is 0 Å². The molecule has 0 aliphatic carbocycles. The third-order valence-corrected chi connectivity index (χ3v) is 3.90. The highest BCUT2D eigenvalue weighted by molar-refractivity contribution is 5.47. The molecule has 0 radical (unpaired) electrons. The summed E-state index contributed by atoms with van der Waals surface area (Å²) in [5.41, 5.74) is 11.4. The number of benzene rings is 2. The van der Waals surface area contributed by atoms with E-state index in [1.165, 1.54) is 11.3 Å². The summed E-state index contributed by atoms with van der Waals surface area (Å²) in [6.07, 6.45) is 0. The molecule has 0 spiro atoms. The summed E-state index contributed by atoms with van der Waals surface area (Å²) < 4.78 is 0. The first kappa shape index (κ1) is 15.6. The number of hydrogen-bond acceptors (Lipinski definition) is 2. The van der Waals surface area contributed by atoms with Crippen LogP contribution < -0.4 is 10.6 Å². The summed E-state index contributed by atoms with van der Waals surface area (Å²) in [4.78, 5) is 2.09. The lowest BCUT2D eigenvalue weighted by molar-refractivity contribution is 0.589. The Labute approximate surface area is 128 Å². The van der Waals surface area contributed by atoms with Crippen LogP contribution in [0.3, 0.4) is 0 Å². The van der Waals surface area contributed by atoms with Crippen LogP contribution >= 0.6 is 0 Å². The Bertz CT molecular complexity index is 574. The van der Waals surface area contributed by atoms with Crippen LogP contribution in [0, 0.1) is 0 Å². The minimum absolute atomic E-state index is 0.0739. The summed E-state index contributed by atoms with van der Waals surface area (Å²) >= 11 is 0. The number of nitrogens with two attached hydrogens (primary N) is 1. The predicted octanol–water partition coefficient (Wildman–Crippen LogP) is 4.10. The van der Waals surface area contributed by atoms with Gasteiger partial charge in [-0.2, -0.15) is 0 Å². The summed E-state index contributed by atoms with van der Waals surface area (Å²) in [6, 6.07) is 17.0. The molecule has 112 valence electrons. The molecule has 2 N–H and O–H groups in total. The van der Waals surface area contributed by atoms with Crippen molar-refractivity contribution in [3.8, 4) is 0 Å². The Morgan fingerprint density at radius 1 is 0.810 bits per heavy atom. The molecule has 0 saturated heterocycles. The number of nitrogens with zero attached hydrogens (tertiary/aromatic N) is 1. The molecule has 0 aromatic heterocycles. The van der Waals surface area contributed by atoms with Crippen LogP contribution in [0.2, 0.25) is 0 Å². The molecule has 1 unspecified atom stereocenters. The van der Waals surface area contributed by atoms with Crippen molar-refractivity contribution in [3.05, 3.63) is 65.2 Å². The number of rotatable bonds is 3. The van der Waals surface area contributed by atoms with Gasteiger partial charge in [-0.15, -0.1) is 0 Å². The maximum Gasteiger partial charge on any atom is 0.0551 e. The zero-order valence-electron chi connectivity index (χ0n) is 13.7. The fourth-order valence-corrected chi connectivity index (χ4v) is 2.36. The molecule has 0 aliphatic heterocycles. The van der Waals surface area contributed by atoms with Crippen molar-refractivity contribution >= 4 is 5.69 Å². The van der Waals surface area contributed by atoms with E-state index in [1.807, 2.05) is 14.1 Å². The second-order valence-electron chi connectivity index (χ2n) is 6.84. The van der Waals surface area contributed by atoms with Crippen molar-refractivity contribution in [2.45, 2.75) is 32.2 Å². The first-order chi connectivity index (χ1) is 9.79. The van der Waals surface area contributed by atoms with E-state index in [-0.39, 0.29) is 11.5 Å². The first-order valence-corrected chi connectivity index (χ1v) is 7.42. The van der Waals surface area contributed by atoms with E-state index in [0.717, 1.165) is 11.1 Å². The Morgan fingerprint density at radius 2 is 1.24 bits per heavy atom. The van der Waals surface area contributed by atoms with Crippen LogP contribution in [-0.2, 0) is 5.41 Å². The fourth-order valence-electron chi connectivity index (χ4n) is 2.36. The van der Waals surface area contributed by atoms with Gasteiger partial charge in [0.15, 0.2) is 0 Å². The smallest absolute Gasteiger partial charge is 0.0551 e. The van der Waals surface area contributed by atoms with Gasteiger partial charge in [-0.1, -0.05) is 57.2 Å². The van der Waals surface area contributed by atoms with Crippen LogP contribution in [0.25, 0.3) is 0 Å². The van der Waals surface area contributed by atoms with Gasteiger partial charge in [-0.3, -0.25) is 0 Å². The predicted molar refractivity (Wildman–Crippen MR) is 91.9 cm³/mol. The summed E-state index contributed by atoms with van der Waals surface area (Å²) in [6.45, 7) is 6.67. The van der Waals surface area contributed by atoms with E-state index in [4.69, 9.17) is 5.73 Å². The van der Waals surface area contributed by atoms with E-state index in [0.29, 0.717) is 0 Å². The van der Waals surface area contributed by atoms with Gasteiger partial charge >= 0.3 is 0 Å². The fraction of sp³-hybridized carbons (Fsp3) is 0.368. The van der Waals surface area contributed by atoms with Crippen molar-refractivity contribution in [3.63, 3.8) is 0 Å². The van der Waals surface area contributed by atoms with Crippen LogP contribution in [0.15, 0.2) is 48.5 Å². The monoisotopic (exact) mass is 282 g/mol. The molecule has 0 saturated carbocycles. The molecular formula is C19H26N2.